The molecule has 0 saturated heterocycles. The van der Waals surface area contributed by atoms with Gasteiger partial charge in [0.2, 0.25) is 0 Å². The maximum absolute atomic E-state index is 2.39. The number of nitrogens with zero attached hydrogens (tertiary/aromatic N) is 2. The van der Waals surface area contributed by atoms with Crippen molar-refractivity contribution in [1.82, 2.24) is 9.80 Å². The molecular weight excluding hydrogens is 244 g/mol. The zero-order valence-corrected chi connectivity index (χ0v) is 14.7. The average molecular weight is 283 g/mol. The summed E-state index contributed by atoms with van der Waals surface area (Å²) < 4.78 is 0. The van der Waals surface area contributed by atoms with Crippen molar-refractivity contribution in [1.29, 1.82) is 0 Å². The molecule has 0 radical (unpaired) electrons. The summed E-state index contributed by atoms with van der Waals surface area (Å²) in [5, 5.41) is 0. The first kappa shape index (κ1) is 19.7. The number of hydrogen-bond donors (Lipinski definition) is 0. The molecule has 0 aromatic rings. The molecule has 0 heterocycles. The Morgan fingerprint density at radius 2 is 1.25 bits per heavy atom. The first-order valence-corrected chi connectivity index (χ1v) is 8.74. The minimum atomic E-state index is 0.453. The zero-order chi connectivity index (χ0) is 15.2. The predicted molar refractivity (Wildman–Crippen MR) is 92.1 cm³/mol. The van der Waals surface area contributed by atoms with E-state index in [9.17, 15) is 0 Å². The van der Waals surface area contributed by atoms with Gasteiger partial charge in [0.25, 0.3) is 0 Å². The summed E-state index contributed by atoms with van der Waals surface area (Å²) in [4.78, 5) is 4.79. The first-order valence-electron chi connectivity index (χ1n) is 8.74. The molecule has 0 aliphatic carbocycles. The van der Waals surface area contributed by atoms with Gasteiger partial charge in [-0.3, -0.25) is 9.80 Å². The maximum atomic E-state index is 2.39. The van der Waals surface area contributed by atoms with E-state index < -0.39 is 0 Å². The van der Waals surface area contributed by atoms with Crippen LogP contribution in [0, 0.1) is 0 Å². The van der Waals surface area contributed by atoms with E-state index in [1.54, 1.807) is 0 Å². The van der Waals surface area contributed by atoms with Crippen LogP contribution < -0.4 is 0 Å². The van der Waals surface area contributed by atoms with Gasteiger partial charge in [0.05, 0.1) is 6.17 Å². The Morgan fingerprint density at radius 3 is 1.75 bits per heavy atom. The van der Waals surface area contributed by atoms with Crippen molar-refractivity contribution in [3.8, 4) is 0 Å². The van der Waals surface area contributed by atoms with Crippen LogP contribution in [-0.4, -0.2) is 43.2 Å². The van der Waals surface area contributed by atoms with Crippen LogP contribution in [0.1, 0.15) is 72.1 Å². The summed E-state index contributed by atoms with van der Waals surface area (Å²) in [7, 11) is 4.41. The molecule has 0 fully saturated rings. The van der Waals surface area contributed by atoms with Gasteiger partial charge in [-0.25, -0.2) is 0 Å². The second-order valence-electron chi connectivity index (χ2n) is 5.90. The van der Waals surface area contributed by atoms with Crippen LogP contribution in [0.25, 0.3) is 0 Å². The quantitative estimate of drug-likeness (QED) is 0.269. The number of likely N-dealkylation sites (N-methyl/N-ethyl adjacent to an activating group) is 2. The van der Waals surface area contributed by atoms with Crippen molar-refractivity contribution in [3.63, 3.8) is 0 Å². The van der Waals surface area contributed by atoms with Crippen LogP contribution in [0.4, 0.5) is 0 Å². The molecule has 0 atom stereocenters. The molecule has 0 aromatic carbocycles. The highest BCUT2D eigenvalue weighted by molar-refractivity contribution is 4.92. The van der Waals surface area contributed by atoms with Gasteiger partial charge in [-0.2, -0.15) is 0 Å². The summed E-state index contributed by atoms with van der Waals surface area (Å²) in [5.41, 5.74) is 0. The molecule has 0 aromatic heterocycles. The largest absolute Gasteiger partial charge is 0.288 e. The normalized spacial score (nSPS) is 12.4. The van der Waals surface area contributed by atoms with Gasteiger partial charge < -0.3 is 0 Å². The second kappa shape index (κ2) is 13.6. The van der Waals surface area contributed by atoms with Crippen LogP contribution in [0.5, 0.6) is 0 Å². The molecule has 120 valence electrons. The second-order valence-corrected chi connectivity index (χ2v) is 5.90. The molecule has 2 nitrogen and oxygen atoms in total. The van der Waals surface area contributed by atoms with Crippen LogP contribution in [0.3, 0.4) is 0 Å². The van der Waals surface area contributed by atoms with Crippen LogP contribution >= 0.6 is 0 Å². The molecule has 0 unspecified atom stereocenters. The number of unbranched alkanes of at least 4 members (excludes halogenated alkanes) is 7. The Morgan fingerprint density at radius 1 is 0.750 bits per heavy atom. The molecule has 0 N–H and O–H groups in total. The molecule has 0 spiro atoms. The van der Waals surface area contributed by atoms with Crippen molar-refractivity contribution < 1.29 is 0 Å². The van der Waals surface area contributed by atoms with Gasteiger partial charge in [-0.15, -0.1) is 0 Å². The molecule has 2 heteroatoms. The minimum Gasteiger partial charge on any atom is -0.288 e. The van der Waals surface area contributed by atoms with Crippen LogP contribution in [0.15, 0.2) is 12.2 Å². The predicted octanol–water partition coefficient (Wildman–Crippen LogP) is 4.91. The van der Waals surface area contributed by atoms with Crippen LogP contribution in [0.2, 0.25) is 0 Å². The third-order valence-electron chi connectivity index (χ3n) is 4.18. The molecule has 0 rings (SSSR count). The summed E-state index contributed by atoms with van der Waals surface area (Å²) in [6, 6.07) is 0. The fourth-order valence-corrected chi connectivity index (χ4v) is 2.44. The zero-order valence-electron chi connectivity index (χ0n) is 14.7. The van der Waals surface area contributed by atoms with Gasteiger partial charge in [0.15, 0.2) is 0 Å². The summed E-state index contributed by atoms with van der Waals surface area (Å²) in [6.45, 7) is 8.91. The SMILES string of the molecule is CCCCCCCCCC=CC(N(C)CC)N(C)CC. The average Bonchev–Trinajstić information content (AvgIpc) is 2.48. The van der Waals surface area contributed by atoms with E-state index in [1.165, 1.54) is 51.4 Å². The Hall–Kier alpha value is -0.340. The minimum absolute atomic E-state index is 0.453. The van der Waals surface area contributed by atoms with E-state index >= 15 is 0 Å². The Bertz CT molecular complexity index is 215. The highest BCUT2D eigenvalue weighted by Gasteiger charge is 2.13. The Kier molecular flexibility index (Phi) is 13.4. The van der Waals surface area contributed by atoms with Crippen molar-refractivity contribution in [2.24, 2.45) is 0 Å². The standard InChI is InChI=1S/C18H38N2/c1-6-9-10-11-12-13-14-15-16-17-18(19(4)7-2)20(5)8-3/h16-18H,6-15H2,1-5H3. The van der Waals surface area contributed by atoms with E-state index in [4.69, 9.17) is 0 Å². The molecule has 0 aliphatic rings. The molecule has 0 bridgehead atoms. The summed E-state index contributed by atoms with van der Waals surface area (Å²) in [5.74, 6) is 0. The Labute approximate surface area is 128 Å². The third kappa shape index (κ3) is 9.55. The van der Waals surface area contributed by atoms with Gasteiger partial charge in [-0.1, -0.05) is 71.4 Å². The topological polar surface area (TPSA) is 6.48 Å². The smallest absolute Gasteiger partial charge is 0.0809 e. The molecule has 0 amide bonds. The lowest BCUT2D eigenvalue weighted by Crippen LogP contribution is -2.43. The maximum Gasteiger partial charge on any atom is 0.0809 e. The van der Waals surface area contributed by atoms with Gasteiger partial charge in [0.1, 0.15) is 0 Å². The van der Waals surface area contributed by atoms with Crippen molar-refractivity contribution in [2.45, 2.75) is 78.3 Å². The van der Waals surface area contributed by atoms with Crippen molar-refractivity contribution >= 4 is 0 Å². The van der Waals surface area contributed by atoms with Gasteiger partial charge >= 0.3 is 0 Å². The highest BCUT2D eigenvalue weighted by Crippen LogP contribution is 2.10. The van der Waals surface area contributed by atoms with E-state index in [0.29, 0.717) is 6.17 Å². The Balaban J connectivity index is 3.78. The lowest BCUT2D eigenvalue weighted by molar-refractivity contribution is 0.131. The van der Waals surface area contributed by atoms with E-state index in [2.05, 4.69) is 56.8 Å². The van der Waals surface area contributed by atoms with Gasteiger partial charge in [-0.05, 0) is 40.0 Å². The molecule has 20 heavy (non-hydrogen) atoms. The third-order valence-corrected chi connectivity index (χ3v) is 4.18. The molecular formula is C18H38N2. The lowest BCUT2D eigenvalue weighted by atomic mass is 10.1. The fourth-order valence-electron chi connectivity index (χ4n) is 2.44. The summed E-state index contributed by atoms with van der Waals surface area (Å²) >= 11 is 0. The van der Waals surface area contributed by atoms with Crippen molar-refractivity contribution in [3.05, 3.63) is 12.2 Å². The lowest BCUT2D eigenvalue weighted by Gasteiger charge is -2.32. The highest BCUT2D eigenvalue weighted by atomic mass is 15.3. The van der Waals surface area contributed by atoms with E-state index in [-0.39, 0.29) is 0 Å². The van der Waals surface area contributed by atoms with Gasteiger partial charge in [0, 0.05) is 0 Å². The first-order chi connectivity index (χ1) is 9.67. The monoisotopic (exact) mass is 282 g/mol. The summed E-state index contributed by atoms with van der Waals surface area (Å²) in [6.07, 6.45) is 16.2. The van der Waals surface area contributed by atoms with E-state index in [0.717, 1.165) is 13.1 Å². The van der Waals surface area contributed by atoms with Crippen molar-refractivity contribution in [2.75, 3.05) is 27.2 Å². The molecule has 0 saturated carbocycles. The molecule has 0 aliphatic heterocycles. The number of hydrogen-bond acceptors (Lipinski definition) is 2. The fraction of sp³-hybridized carbons (Fsp3) is 0.889. The number of rotatable bonds is 13. The number of allylic oxidation sites excluding steroid dienone is 1. The van der Waals surface area contributed by atoms with E-state index in [1.807, 2.05) is 0 Å². The van der Waals surface area contributed by atoms with Crippen LogP contribution in [-0.2, 0) is 0 Å².